The van der Waals surface area contributed by atoms with Gasteiger partial charge in [-0.1, -0.05) is 96.5 Å². The SMILES string of the molecule is CC(=O)N[C@@H](CC(C)C)CN(CC(=O)N[C@@H](Cc1ccccc1)CN(CC(=O)N[C@@H](CCC(=O)O)CN(CC(=O)N[C@@H](Cc1c[nH]c2ccccc12)CN(CC(=O)N[C@@H](CCCCN)CN(CC(=O)N[C@@H](CC(C)C)CN(CC(N)=O)S(=O)(=O)CC(C)C)S(C)(=O)=O)S(C)(=O)=O)S(C)(=O)=O)S(C)(=O)=O)S(C)(=O)=O. The summed E-state index contributed by atoms with van der Waals surface area (Å²) in [6.45, 7) is 3.51. The van der Waals surface area contributed by atoms with Crippen LogP contribution >= 0.6 is 0 Å². The molecule has 614 valence electrons. The number of aromatic amines is 1. The number of amides is 7. The van der Waals surface area contributed by atoms with E-state index in [0.717, 1.165) is 42.2 Å². The zero-order chi connectivity index (χ0) is 81.9. The van der Waals surface area contributed by atoms with Crippen LogP contribution in [0.25, 0.3) is 10.9 Å². The van der Waals surface area contributed by atoms with Crippen molar-refractivity contribution < 1.29 is 94.0 Å². The number of sulfonamides is 6. The fraction of sp³-hybridized carbons (Fsp3) is 0.667. The highest BCUT2D eigenvalue weighted by atomic mass is 32.2. The zero-order valence-corrected chi connectivity index (χ0v) is 68.5. The fourth-order valence-electron chi connectivity index (χ4n) is 12.0. The lowest BCUT2D eigenvalue weighted by molar-refractivity contribution is -0.137. The Labute approximate surface area is 637 Å². The van der Waals surface area contributed by atoms with Crippen molar-refractivity contribution in [2.75, 3.05) is 122 Å². The largest absolute Gasteiger partial charge is 0.481 e. The van der Waals surface area contributed by atoms with Crippen molar-refractivity contribution in [1.82, 2.24) is 62.7 Å². The number of fused-ring (bicyclic) bond motifs is 1. The first-order valence-corrected chi connectivity index (χ1v) is 45.9. The predicted octanol–water partition coefficient (Wildman–Crippen LogP) is -1.95. The number of hydrogen-bond acceptors (Lipinski definition) is 21. The molecule has 0 saturated heterocycles. The second-order valence-corrected chi connectivity index (χ2v) is 40.6. The maximum absolute atomic E-state index is 14.5. The van der Waals surface area contributed by atoms with E-state index in [1.807, 2.05) is 13.8 Å². The third kappa shape index (κ3) is 37.2. The van der Waals surface area contributed by atoms with Crippen LogP contribution in [0.1, 0.15) is 105 Å². The minimum atomic E-state index is -4.52. The van der Waals surface area contributed by atoms with Crippen LogP contribution in [-0.4, -0.2) is 292 Å². The van der Waals surface area contributed by atoms with Gasteiger partial charge < -0.3 is 53.5 Å². The molecule has 0 saturated carbocycles. The van der Waals surface area contributed by atoms with E-state index in [9.17, 15) is 94.0 Å². The molecule has 3 rings (SSSR count). The molecule has 0 aliphatic heterocycles. The summed E-state index contributed by atoms with van der Waals surface area (Å²) in [5.41, 5.74) is 13.0. The number of benzene rings is 2. The summed E-state index contributed by atoms with van der Waals surface area (Å²) in [6, 6.07) is 8.67. The molecular formula is C66H113N15O21S6. The third-order valence-corrected chi connectivity index (χ3v) is 24.9. The number of nitrogens with one attached hydrogen (secondary N) is 7. The van der Waals surface area contributed by atoms with E-state index in [0.29, 0.717) is 56.2 Å². The van der Waals surface area contributed by atoms with Crippen LogP contribution in [0.5, 0.6) is 0 Å². The Hall–Kier alpha value is -6.84. The number of carboxylic acid groups (broad SMARTS) is 1. The van der Waals surface area contributed by atoms with Gasteiger partial charge in [-0.15, -0.1) is 0 Å². The molecule has 12 N–H and O–H groups in total. The van der Waals surface area contributed by atoms with Gasteiger partial charge in [-0.05, 0) is 86.4 Å². The van der Waals surface area contributed by atoms with Crippen LogP contribution in [-0.2, 0) is 111 Å². The summed E-state index contributed by atoms with van der Waals surface area (Å²) in [7, 11) is -25.9. The Morgan fingerprint density at radius 1 is 0.444 bits per heavy atom. The molecule has 0 aliphatic carbocycles. The first-order chi connectivity index (χ1) is 49.8. The lowest BCUT2D eigenvalue weighted by atomic mass is 10.0. The van der Waals surface area contributed by atoms with Crippen LogP contribution in [0.2, 0.25) is 0 Å². The number of para-hydroxylation sites is 1. The summed E-state index contributed by atoms with van der Waals surface area (Å²) in [5, 5.41) is 26.4. The topological polar surface area (TPSA) is 521 Å². The first-order valence-electron chi connectivity index (χ1n) is 35.1. The quantitative estimate of drug-likeness (QED) is 0.0275. The number of carboxylic acids is 1. The van der Waals surface area contributed by atoms with Gasteiger partial charge in [-0.25, -0.2) is 50.5 Å². The molecule has 108 heavy (non-hydrogen) atoms. The van der Waals surface area contributed by atoms with Gasteiger partial charge in [0.1, 0.15) is 0 Å². The molecule has 7 amide bonds. The number of primary amides is 1. The average molecular weight is 1650 g/mol. The smallest absolute Gasteiger partial charge is 0.303 e. The molecule has 36 nitrogen and oxygen atoms in total. The number of unbranched alkanes of at least 4 members (excludes halogenated alkanes) is 1. The van der Waals surface area contributed by atoms with E-state index in [4.69, 9.17) is 11.5 Å². The highest BCUT2D eigenvalue weighted by Gasteiger charge is 2.36. The number of H-pyrrole nitrogens is 1. The van der Waals surface area contributed by atoms with Crippen LogP contribution < -0.4 is 43.4 Å². The Kier molecular flexibility index (Phi) is 38.6. The number of nitrogens with zero attached hydrogens (tertiary/aromatic N) is 6. The fourth-order valence-corrected chi connectivity index (χ4v) is 17.8. The lowest BCUT2D eigenvalue weighted by Gasteiger charge is -2.31. The standard InChI is InChI=1S/C66H113N15O21S6/c1-46(2)28-54(70-49(7)82)35-78(105(10,95)96)44-64(87)74-56(30-50-20-14-13-15-21-50)36-79(106(11,97)98)41-62(85)72-53(25-26-66(89)90)34-77(104(9,93)94)43-65(88)75-57(31-51-32-69-59-24-17-16-23-58(51)59)37-80(107(12,99)100)40-61(84)71-52(22-18-19-27-67)33-76(103(8,91)92)42-63(86)73-55(29-47(3)4)38-81(39-60(68)83)108(101,102)45-48(5)6/h13-17,20-21,23-24,32,46-48,52-57,69H,18-19,22,25-31,33-45,67H2,1-12H3,(H2,68,83)(H,70,82)(H,71,84)(H,72,85)(H,73,86)(H,74,87)(H,75,88)(H,89,90)/t52-,53-,54-,55-,56-,57-/m0/s1. The van der Waals surface area contributed by atoms with Gasteiger partial charge in [-0.3, -0.25) is 38.4 Å². The Bertz CT molecular complexity index is 4210. The Morgan fingerprint density at radius 3 is 1.19 bits per heavy atom. The van der Waals surface area contributed by atoms with Gasteiger partial charge in [0.15, 0.2) is 0 Å². The maximum Gasteiger partial charge on any atom is 0.303 e. The van der Waals surface area contributed by atoms with Crippen LogP contribution in [0, 0.1) is 17.8 Å². The van der Waals surface area contributed by atoms with Crippen molar-refractivity contribution >= 4 is 118 Å². The molecule has 2 aromatic carbocycles. The molecular weight excluding hydrogens is 1530 g/mol. The van der Waals surface area contributed by atoms with Crippen LogP contribution in [0.4, 0.5) is 0 Å². The number of rotatable bonds is 53. The van der Waals surface area contributed by atoms with Crippen molar-refractivity contribution in [2.45, 2.75) is 143 Å². The van der Waals surface area contributed by atoms with Crippen molar-refractivity contribution in [3.8, 4) is 0 Å². The molecule has 1 heterocycles. The van der Waals surface area contributed by atoms with E-state index in [1.165, 1.54) is 6.92 Å². The van der Waals surface area contributed by atoms with Crippen molar-refractivity contribution in [3.05, 3.63) is 71.9 Å². The Balaban J connectivity index is 2.00. The normalized spacial score (nSPS) is 14.5. The summed E-state index contributed by atoms with van der Waals surface area (Å²) in [4.78, 5) is 110. The van der Waals surface area contributed by atoms with E-state index in [2.05, 4.69) is 36.9 Å². The molecule has 0 bridgehead atoms. The first kappa shape index (κ1) is 95.4. The molecule has 1 aromatic heterocycles. The second kappa shape index (κ2) is 43.7. The molecule has 0 aliphatic rings. The summed E-state index contributed by atoms with van der Waals surface area (Å²) >= 11 is 0. The molecule has 42 heteroatoms. The van der Waals surface area contributed by atoms with Gasteiger partial charge >= 0.3 is 5.97 Å². The zero-order valence-electron chi connectivity index (χ0n) is 63.6. The van der Waals surface area contributed by atoms with Gasteiger partial charge in [0.05, 0.1) is 76.3 Å². The van der Waals surface area contributed by atoms with Crippen LogP contribution in [0.3, 0.4) is 0 Å². The number of carbonyl (C=O) groups is 8. The molecule has 0 radical (unpaired) electrons. The number of nitrogens with two attached hydrogens (primary N) is 2. The molecule has 0 fully saturated rings. The molecule has 3 aromatic rings. The molecule has 0 unspecified atom stereocenters. The molecule has 0 spiro atoms. The minimum absolute atomic E-state index is 0.00433. The summed E-state index contributed by atoms with van der Waals surface area (Å²) in [6.07, 6.45) is 5.40. The third-order valence-electron chi connectivity index (χ3n) is 16.7. The van der Waals surface area contributed by atoms with E-state index >= 15 is 0 Å². The number of aromatic nitrogens is 1. The van der Waals surface area contributed by atoms with Crippen LogP contribution in [0.15, 0.2) is 60.8 Å². The Morgan fingerprint density at radius 2 is 0.806 bits per heavy atom. The van der Waals surface area contributed by atoms with Crippen molar-refractivity contribution in [1.29, 1.82) is 0 Å². The minimum Gasteiger partial charge on any atom is -0.481 e. The van der Waals surface area contributed by atoms with E-state index in [-0.39, 0.29) is 68.8 Å². The number of aliphatic carboxylic acids is 1. The summed E-state index contributed by atoms with van der Waals surface area (Å²) < 4.78 is 167. The van der Waals surface area contributed by atoms with Crippen molar-refractivity contribution in [2.24, 2.45) is 29.2 Å². The van der Waals surface area contributed by atoms with E-state index < -0.39 is 222 Å². The highest BCUT2D eigenvalue weighted by molar-refractivity contribution is 7.89. The number of carbonyl (C=O) groups excluding carboxylic acids is 7. The van der Waals surface area contributed by atoms with Gasteiger partial charge in [0.2, 0.25) is 101 Å². The van der Waals surface area contributed by atoms with Gasteiger partial charge in [0, 0.05) is 106 Å². The summed E-state index contributed by atoms with van der Waals surface area (Å²) in [5.74, 6) is -8.49. The van der Waals surface area contributed by atoms with Gasteiger partial charge in [0.25, 0.3) is 0 Å². The van der Waals surface area contributed by atoms with E-state index in [1.54, 1.807) is 88.5 Å². The lowest BCUT2D eigenvalue weighted by Crippen LogP contribution is -2.55. The highest BCUT2D eigenvalue weighted by Crippen LogP contribution is 2.22. The maximum atomic E-state index is 14.5. The van der Waals surface area contributed by atoms with Crippen molar-refractivity contribution in [3.63, 3.8) is 0 Å². The average Bonchev–Trinajstić information content (AvgIpc) is 1.72. The molecule has 6 atom stereocenters. The number of hydrogen-bond donors (Lipinski definition) is 10. The monoisotopic (exact) mass is 1640 g/mol. The predicted molar refractivity (Wildman–Crippen MR) is 410 cm³/mol. The van der Waals surface area contributed by atoms with Gasteiger partial charge in [-0.2, -0.15) is 25.8 Å². The second-order valence-electron chi connectivity index (χ2n) is 28.7.